The maximum absolute atomic E-state index is 12.4. The number of aromatic nitrogens is 2. The maximum Gasteiger partial charge on any atom is 0.405 e. The van der Waals surface area contributed by atoms with E-state index in [4.69, 9.17) is 34.8 Å². The summed E-state index contributed by atoms with van der Waals surface area (Å²) in [6.45, 7) is -1.71. The molecular weight excluding hydrogens is 411 g/mol. The molecule has 12 heteroatoms. The maximum atomic E-state index is 12.4. The SMILES string of the molecule is Cc1nc(-c2cc(NS(C)(=O)=O)c(Cl)cc2Cl)c(Cl)n1OC(F)F. The minimum absolute atomic E-state index is 0.0352. The summed E-state index contributed by atoms with van der Waals surface area (Å²) >= 11 is 18.1. The molecule has 0 saturated heterocycles. The van der Waals surface area contributed by atoms with Crippen LogP contribution >= 0.6 is 34.8 Å². The van der Waals surface area contributed by atoms with Crippen LogP contribution in [0.2, 0.25) is 15.2 Å². The van der Waals surface area contributed by atoms with Crippen LogP contribution in [0.25, 0.3) is 11.3 Å². The van der Waals surface area contributed by atoms with E-state index in [2.05, 4.69) is 14.5 Å². The molecule has 0 saturated carbocycles. The lowest BCUT2D eigenvalue weighted by molar-refractivity contribution is -0.134. The minimum Gasteiger partial charge on any atom is -0.341 e. The zero-order valence-corrected chi connectivity index (χ0v) is 15.2. The molecule has 6 nitrogen and oxygen atoms in total. The van der Waals surface area contributed by atoms with Gasteiger partial charge in [0, 0.05) is 5.56 Å². The van der Waals surface area contributed by atoms with E-state index in [0.717, 1.165) is 6.26 Å². The van der Waals surface area contributed by atoms with Gasteiger partial charge in [-0.15, -0.1) is 0 Å². The minimum atomic E-state index is -3.60. The molecule has 0 radical (unpaired) electrons. The van der Waals surface area contributed by atoms with Crippen LogP contribution in [0, 0.1) is 6.92 Å². The summed E-state index contributed by atoms with van der Waals surface area (Å²) in [5.74, 6) is 0.0546. The van der Waals surface area contributed by atoms with Crippen molar-refractivity contribution in [2.75, 3.05) is 11.0 Å². The van der Waals surface area contributed by atoms with E-state index in [1.807, 2.05) is 0 Å². The van der Waals surface area contributed by atoms with Gasteiger partial charge in [0.25, 0.3) is 0 Å². The number of hydrogen-bond donors (Lipinski definition) is 1. The zero-order valence-electron chi connectivity index (χ0n) is 12.1. The number of anilines is 1. The van der Waals surface area contributed by atoms with Gasteiger partial charge >= 0.3 is 6.61 Å². The van der Waals surface area contributed by atoms with Crippen molar-refractivity contribution >= 4 is 50.5 Å². The zero-order chi connectivity index (χ0) is 18.2. The fraction of sp³-hybridized carbons (Fsp3) is 0.250. The van der Waals surface area contributed by atoms with E-state index in [1.54, 1.807) is 0 Å². The third-order valence-corrected chi connectivity index (χ3v) is 4.28. The molecule has 1 heterocycles. The van der Waals surface area contributed by atoms with Crippen molar-refractivity contribution in [2.45, 2.75) is 13.5 Å². The predicted molar refractivity (Wildman–Crippen MR) is 88.5 cm³/mol. The molecule has 2 aromatic rings. The normalized spacial score (nSPS) is 11.8. The van der Waals surface area contributed by atoms with Crippen LogP contribution in [0.3, 0.4) is 0 Å². The van der Waals surface area contributed by atoms with Crippen molar-refractivity contribution < 1.29 is 22.0 Å². The molecule has 0 unspecified atom stereocenters. The Balaban J connectivity index is 2.59. The molecule has 0 spiro atoms. The summed E-state index contributed by atoms with van der Waals surface area (Å²) in [6, 6.07) is 2.58. The van der Waals surface area contributed by atoms with Gasteiger partial charge in [-0.25, -0.2) is 13.4 Å². The highest BCUT2D eigenvalue weighted by Gasteiger charge is 2.22. The van der Waals surface area contributed by atoms with Gasteiger partial charge in [-0.3, -0.25) is 4.72 Å². The van der Waals surface area contributed by atoms with Crippen molar-refractivity contribution in [1.29, 1.82) is 0 Å². The highest BCUT2D eigenvalue weighted by molar-refractivity contribution is 7.92. The Morgan fingerprint density at radius 3 is 2.42 bits per heavy atom. The number of nitrogens with zero attached hydrogens (tertiary/aromatic N) is 2. The topological polar surface area (TPSA) is 73.2 Å². The number of alkyl halides is 2. The monoisotopic (exact) mass is 419 g/mol. The van der Waals surface area contributed by atoms with Gasteiger partial charge in [0.15, 0.2) is 5.15 Å². The van der Waals surface area contributed by atoms with Gasteiger partial charge in [-0.1, -0.05) is 34.8 Å². The van der Waals surface area contributed by atoms with Crippen LogP contribution in [0.15, 0.2) is 12.1 Å². The Bertz CT molecular complexity index is 887. The molecule has 0 fully saturated rings. The Hall–Kier alpha value is -1.29. The first kappa shape index (κ1) is 19.0. The average molecular weight is 421 g/mol. The second-order valence-corrected chi connectivity index (χ2v) is 7.57. The van der Waals surface area contributed by atoms with Crippen LogP contribution < -0.4 is 9.56 Å². The fourth-order valence-corrected chi connectivity index (χ4v) is 3.32. The van der Waals surface area contributed by atoms with E-state index >= 15 is 0 Å². The van der Waals surface area contributed by atoms with Gasteiger partial charge in [0.05, 0.1) is 22.0 Å². The highest BCUT2D eigenvalue weighted by atomic mass is 35.5. The van der Waals surface area contributed by atoms with Gasteiger partial charge in [0.2, 0.25) is 10.0 Å². The van der Waals surface area contributed by atoms with Crippen LogP contribution in [0.1, 0.15) is 5.82 Å². The Labute approximate surface area is 151 Å². The van der Waals surface area contributed by atoms with Crippen molar-refractivity contribution in [3.63, 3.8) is 0 Å². The summed E-state index contributed by atoms with van der Waals surface area (Å²) in [7, 11) is -3.60. The Morgan fingerprint density at radius 2 is 1.88 bits per heavy atom. The van der Waals surface area contributed by atoms with E-state index in [-0.39, 0.29) is 38.0 Å². The molecule has 0 bridgehead atoms. The number of benzene rings is 1. The predicted octanol–water partition coefficient (Wildman–Crippen LogP) is 3.84. The second kappa shape index (κ2) is 6.91. The molecular formula is C12H10Cl3F2N3O3S. The summed E-state index contributed by atoms with van der Waals surface area (Å²) in [5.41, 5.74) is 0.265. The first-order valence-corrected chi connectivity index (χ1v) is 9.19. The lowest BCUT2D eigenvalue weighted by Crippen LogP contribution is -2.18. The van der Waals surface area contributed by atoms with Gasteiger partial charge in [0.1, 0.15) is 11.5 Å². The lowest BCUT2D eigenvalue weighted by Gasteiger charge is -2.10. The molecule has 1 aromatic carbocycles. The smallest absolute Gasteiger partial charge is 0.341 e. The van der Waals surface area contributed by atoms with Gasteiger partial charge in [-0.05, 0) is 19.1 Å². The third kappa shape index (κ3) is 4.21. The molecule has 0 atom stereocenters. The largest absolute Gasteiger partial charge is 0.405 e. The van der Waals surface area contributed by atoms with Crippen LogP contribution in [0.4, 0.5) is 14.5 Å². The number of sulfonamides is 1. The second-order valence-electron chi connectivity index (χ2n) is 4.65. The number of imidazole rings is 1. The van der Waals surface area contributed by atoms with Crippen LogP contribution in [-0.2, 0) is 10.0 Å². The van der Waals surface area contributed by atoms with E-state index in [1.165, 1.54) is 19.1 Å². The molecule has 0 aliphatic carbocycles. The molecule has 1 aromatic heterocycles. The quantitative estimate of drug-likeness (QED) is 0.797. The first-order valence-electron chi connectivity index (χ1n) is 6.17. The van der Waals surface area contributed by atoms with Crippen molar-refractivity contribution in [2.24, 2.45) is 0 Å². The van der Waals surface area contributed by atoms with E-state index < -0.39 is 16.6 Å². The van der Waals surface area contributed by atoms with Crippen molar-refractivity contribution in [3.8, 4) is 11.3 Å². The van der Waals surface area contributed by atoms with Crippen LogP contribution in [0.5, 0.6) is 0 Å². The third-order valence-electron chi connectivity index (χ3n) is 2.73. The molecule has 0 amide bonds. The van der Waals surface area contributed by atoms with Gasteiger partial charge in [-0.2, -0.15) is 13.5 Å². The average Bonchev–Trinajstić information content (AvgIpc) is 2.68. The molecule has 0 aliphatic heterocycles. The summed E-state index contributed by atoms with van der Waals surface area (Å²) in [4.78, 5) is 8.29. The van der Waals surface area contributed by atoms with E-state index in [0.29, 0.717) is 4.73 Å². The van der Waals surface area contributed by atoms with Crippen molar-refractivity contribution in [1.82, 2.24) is 9.71 Å². The Morgan fingerprint density at radius 1 is 1.25 bits per heavy atom. The summed E-state index contributed by atoms with van der Waals surface area (Å²) < 4.78 is 50.5. The summed E-state index contributed by atoms with van der Waals surface area (Å²) in [5, 5.41) is -0.102. The van der Waals surface area contributed by atoms with Crippen molar-refractivity contribution in [3.05, 3.63) is 33.2 Å². The molecule has 1 N–H and O–H groups in total. The highest BCUT2D eigenvalue weighted by Crippen LogP contribution is 2.38. The summed E-state index contributed by atoms with van der Waals surface area (Å²) in [6.07, 6.45) is 0.944. The molecule has 132 valence electrons. The lowest BCUT2D eigenvalue weighted by atomic mass is 10.1. The van der Waals surface area contributed by atoms with E-state index in [9.17, 15) is 17.2 Å². The van der Waals surface area contributed by atoms with Gasteiger partial charge < -0.3 is 4.84 Å². The number of halogens is 5. The number of nitrogens with one attached hydrogen (secondary N) is 1. The van der Waals surface area contributed by atoms with Crippen LogP contribution in [-0.4, -0.2) is 31.0 Å². The molecule has 2 rings (SSSR count). The fourth-order valence-electron chi connectivity index (χ4n) is 1.87. The Kier molecular flexibility index (Phi) is 5.48. The molecule has 0 aliphatic rings. The number of aryl methyl sites for hydroxylation is 1. The standard InChI is InChI=1S/C12H10Cl3F2N3O3S/c1-5-18-10(11(15)20(5)23-12(16)17)6-3-9(19-24(2,21)22)8(14)4-7(6)13/h3-4,12,19H,1-2H3. The number of rotatable bonds is 5. The number of hydrogen-bond acceptors (Lipinski definition) is 4. The first-order chi connectivity index (χ1) is 11.0. The molecule has 24 heavy (non-hydrogen) atoms.